The van der Waals surface area contributed by atoms with E-state index in [2.05, 4.69) is 5.32 Å². The highest BCUT2D eigenvalue weighted by Crippen LogP contribution is 2.31. The Morgan fingerprint density at radius 3 is 2.67 bits per heavy atom. The monoisotopic (exact) mass is 352 g/mol. The minimum Gasteiger partial charge on any atom is -0.496 e. The second-order valence-corrected chi connectivity index (χ2v) is 5.79. The van der Waals surface area contributed by atoms with Crippen molar-refractivity contribution in [3.63, 3.8) is 0 Å². The van der Waals surface area contributed by atoms with Crippen LogP contribution in [0.25, 0.3) is 0 Å². The van der Waals surface area contributed by atoms with Crippen LogP contribution in [0.4, 0.5) is 0 Å². The number of carbonyl (C=O) groups is 1. The number of rotatable bonds is 4. The zero-order chi connectivity index (χ0) is 14.7. The first kappa shape index (κ1) is 18.4. The van der Waals surface area contributed by atoms with Crippen LogP contribution in [0.15, 0.2) is 12.1 Å². The highest BCUT2D eigenvalue weighted by atomic mass is 35.5. The zero-order valence-electron chi connectivity index (χ0n) is 11.7. The smallest absolute Gasteiger partial charge is 0.255 e. The van der Waals surface area contributed by atoms with E-state index in [0.29, 0.717) is 33.8 Å². The van der Waals surface area contributed by atoms with E-state index in [1.807, 2.05) is 0 Å². The molecule has 21 heavy (non-hydrogen) atoms. The summed E-state index contributed by atoms with van der Waals surface area (Å²) in [5.41, 5.74) is 6.12. The molecular weight excluding hydrogens is 335 g/mol. The molecule has 3 N–H and O–H groups in total. The number of nitrogens with one attached hydrogen (secondary N) is 1. The first-order valence-corrected chi connectivity index (χ1v) is 7.36. The molecular formula is C14H19Cl3N2O2. The van der Waals surface area contributed by atoms with E-state index in [1.54, 1.807) is 6.07 Å². The Balaban J connectivity index is 0.00000220. The van der Waals surface area contributed by atoms with Gasteiger partial charge in [-0.05, 0) is 31.4 Å². The van der Waals surface area contributed by atoms with Crippen molar-refractivity contribution in [2.75, 3.05) is 13.7 Å². The molecule has 4 nitrogen and oxygen atoms in total. The van der Waals surface area contributed by atoms with Crippen molar-refractivity contribution in [2.24, 2.45) is 11.7 Å². The van der Waals surface area contributed by atoms with Gasteiger partial charge in [-0.3, -0.25) is 4.79 Å². The van der Waals surface area contributed by atoms with Crippen LogP contribution < -0.4 is 15.8 Å². The molecule has 1 amide bonds. The van der Waals surface area contributed by atoms with Gasteiger partial charge in [-0.25, -0.2) is 0 Å². The topological polar surface area (TPSA) is 64.3 Å². The van der Waals surface area contributed by atoms with E-state index in [9.17, 15) is 4.79 Å². The Labute approximate surface area is 140 Å². The van der Waals surface area contributed by atoms with Crippen LogP contribution in [-0.4, -0.2) is 25.6 Å². The predicted molar refractivity (Wildman–Crippen MR) is 87.9 cm³/mol. The first-order chi connectivity index (χ1) is 9.56. The highest BCUT2D eigenvalue weighted by molar-refractivity contribution is 6.42. The fourth-order valence-electron chi connectivity index (χ4n) is 2.63. The van der Waals surface area contributed by atoms with Crippen LogP contribution in [0.2, 0.25) is 10.0 Å². The average molecular weight is 354 g/mol. The van der Waals surface area contributed by atoms with E-state index < -0.39 is 0 Å². The maximum Gasteiger partial charge on any atom is 0.255 e. The standard InChI is InChI=1S/C14H18Cl2N2O2.ClH/c1-20-13-6-11(16)10(15)5-9(13)14(19)18-12-4-2-3-8(12)7-17;/h5-6,8,12H,2-4,7,17H2,1H3,(H,18,19);1H. The van der Waals surface area contributed by atoms with Crippen molar-refractivity contribution in [1.82, 2.24) is 5.32 Å². The number of hydrogen-bond donors (Lipinski definition) is 2. The number of carbonyl (C=O) groups excluding carboxylic acids is 1. The maximum atomic E-state index is 12.4. The van der Waals surface area contributed by atoms with Crippen molar-refractivity contribution in [3.8, 4) is 5.75 Å². The Morgan fingerprint density at radius 1 is 1.38 bits per heavy atom. The SMILES string of the molecule is COc1cc(Cl)c(Cl)cc1C(=O)NC1CCCC1CN.Cl. The van der Waals surface area contributed by atoms with Gasteiger partial charge in [-0.15, -0.1) is 12.4 Å². The molecule has 0 aromatic heterocycles. The third kappa shape index (κ3) is 4.16. The molecule has 1 aliphatic carbocycles. The quantitative estimate of drug-likeness (QED) is 0.873. The lowest BCUT2D eigenvalue weighted by Gasteiger charge is -2.20. The lowest BCUT2D eigenvalue weighted by atomic mass is 10.0. The molecule has 7 heteroatoms. The minimum absolute atomic E-state index is 0. The number of ether oxygens (including phenoxy) is 1. The summed E-state index contributed by atoms with van der Waals surface area (Å²) in [6.45, 7) is 0.587. The number of nitrogens with two attached hydrogens (primary N) is 1. The average Bonchev–Trinajstić information content (AvgIpc) is 2.88. The Kier molecular flexibility index (Phi) is 7.07. The molecule has 2 atom stereocenters. The zero-order valence-corrected chi connectivity index (χ0v) is 14.0. The van der Waals surface area contributed by atoms with Crippen LogP contribution in [0.1, 0.15) is 29.6 Å². The van der Waals surface area contributed by atoms with Crippen LogP contribution in [0, 0.1) is 5.92 Å². The minimum atomic E-state index is -0.203. The van der Waals surface area contributed by atoms with Gasteiger partial charge in [-0.2, -0.15) is 0 Å². The van der Waals surface area contributed by atoms with Gasteiger partial charge in [0, 0.05) is 12.1 Å². The van der Waals surface area contributed by atoms with Gasteiger partial charge in [0.05, 0.1) is 22.7 Å². The first-order valence-electron chi connectivity index (χ1n) is 6.60. The normalized spacial score (nSPS) is 20.8. The van der Waals surface area contributed by atoms with Crippen LogP contribution in [0.3, 0.4) is 0 Å². The van der Waals surface area contributed by atoms with Crippen molar-refractivity contribution in [1.29, 1.82) is 0 Å². The largest absolute Gasteiger partial charge is 0.496 e. The van der Waals surface area contributed by atoms with Crippen LogP contribution in [0.5, 0.6) is 5.75 Å². The molecule has 1 saturated carbocycles. The summed E-state index contributed by atoms with van der Waals surface area (Å²) in [6.07, 6.45) is 3.10. The van der Waals surface area contributed by atoms with Crippen molar-refractivity contribution >= 4 is 41.5 Å². The number of hydrogen-bond acceptors (Lipinski definition) is 3. The number of halogens is 3. The van der Waals surface area contributed by atoms with Gasteiger partial charge in [0.2, 0.25) is 0 Å². The van der Waals surface area contributed by atoms with E-state index in [-0.39, 0.29) is 24.4 Å². The van der Waals surface area contributed by atoms with Gasteiger partial charge in [0.25, 0.3) is 5.91 Å². The Morgan fingerprint density at radius 2 is 2.05 bits per heavy atom. The fraction of sp³-hybridized carbons (Fsp3) is 0.500. The summed E-state index contributed by atoms with van der Waals surface area (Å²) in [7, 11) is 1.49. The molecule has 0 bridgehead atoms. The van der Waals surface area contributed by atoms with Crippen molar-refractivity contribution < 1.29 is 9.53 Å². The van der Waals surface area contributed by atoms with E-state index >= 15 is 0 Å². The molecule has 118 valence electrons. The van der Waals surface area contributed by atoms with Crippen LogP contribution >= 0.6 is 35.6 Å². The van der Waals surface area contributed by atoms with Crippen LogP contribution in [-0.2, 0) is 0 Å². The second-order valence-electron chi connectivity index (χ2n) is 4.97. The molecule has 1 aromatic rings. The molecule has 0 heterocycles. The Bertz CT molecular complexity index is 511. The third-order valence-electron chi connectivity index (χ3n) is 3.77. The van der Waals surface area contributed by atoms with Gasteiger partial charge in [0.15, 0.2) is 0 Å². The van der Waals surface area contributed by atoms with E-state index in [1.165, 1.54) is 13.2 Å². The molecule has 0 saturated heterocycles. The molecule has 0 radical (unpaired) electrons. The molecule has 1 aromatic carbocycles. The lowest BCUT2D eigenvalue weighted by molar-refractivity contribution is 0.0925. The molecule has 0 spiro atoms. The lowest BCUT2D eigenvalue weighted by Crippen LogP contribution is -2.40. The van der Waals surface area contributed by atoms with Crippen molar-refractivity contribution in [3.05, 3.63) is 27.7 Å². The highest BCUT2D eigenvalue weighted by Gasteiger charge is 2.28. The predicted octanol–water partition coefficient (Wildman–Crippen LogP) is 3.28. The third-order valence-corrected chi connectivity index (χ3v) is 4.49. The summed E-state index contributed by atoms with van der Waals surface area (Å²) in [5.74, 6) is 0.553. The summed E-state index contributed by atoms with van der Waals surface area (Å²) in [6, 6.07) is 3.20. The van der Waals surface area contributed by atoms with Gasteiger partial charge >= 0.3 is 0 Å². The summed E-state index contributed by atoms with van der Waals surface area (Å²) in [4.78, 5) is 12.4. The number of methoxy groups -OCH3 is 1. The van der Waals surface area contributed by atoms with E-state index in [0.717, 1.165) is 19.3 Å². The second kappa shape index (κ2) is 8.08. The Hall–Kier alpha value is -0.680. The summed E-state index contributed by atoms with van der Waals surface area (Å²) < 4.78 is 5.19. The molecule has 2 rings (SSSR count). The molecule has 1 fully saturated rings. The molecule has 2 unspecified atom stereocenters. The summed E-state index contributed by atoms with van der Waals surface area (Å²) in [5, 5.41) is 3.71. The van der Waals surface area contributed by atoms with Gasteiger partial charge in [-0.1, -0.05) is 29.6 Å². The molecule has 0 aliphatic heterocycles. The van der Waals surface area contributed by atoms with Gasteiger partial charge in [0.1, 0.15) is 5.75 Å². The fourth-order valence-corrected chi connectivity index (χ4v) is 2.95. The maximum absolute atomic E-state index is 12.4. The van der Waals surface area contributed by atoms with Crippen molar-refractivity contribution in [2.45, 2.75) is 25.3 Å². The number of benzene rings is 1. The van der Waals surface area contributed by atoms with E-state index in [4.69, 9.17) is 33.7 Å². The van der Waals surface area contributed by atoms with Gasteiger partial charge < -0.3 is 15.8 Å². The summed E-state index contributed by atoms with van der Waals surface area (Å²) >= 11 is 11.9. The molecule has 1 aliphatic rings. The number of amides is 1.